The minimum atomic E-state index is 0.929. The second kappa shape index (κ2) is 8.87. The van der Waals surface area contributed by atoms with Gasteiger partial charge in [-0.3, -0.25) is 0 Å². The summed E-state index contributed by atoms with van der Waals surface area (Å²) in [5, 5.41) is 0. The average molecular weight is 419 g/mol. The number of fused-ring (bicyclic) bond motifs is 1. The first-order valence-electron chi connectivity index (χ1n) is 11.9. The van der Waals surface area contributed by atoms with Gasteiger partial charge in [0.15, 0.2) is 5.65 Å². The van der Waals surface area contributed by atoms with Crippen molar-refractivity contribution in [3.63, 3.8) is 0 Å². The smallest absolute Gasteiger partial charge is 0.162 e. The van der Waals surface area contributed by atoms with E-state index in [1.54, 1.807) is 0 Å². The van der Waals surface area contributed by atoms with Gasteiger partial charge in [-0.2, -0.15) is 0 Å². The Morgan fingerprint density at radius 1 is 0.774 bits per heavy atom. The number of imidazole rings is 1. The third-order valence-corrected chi connectivity index (χ3v) is 6.70. The minimum Gasteiger partial charge on any atom is -0.372 e. The van der Waals surface area contributed by atoms with Crippen LogP contribution in [0.4, 0.5) is 11.5 Å². The lowest BCUT2D eigenvalue weighted by molar-refractivity contribution is 0.312. The van der Waals surface area contributed by atoms with Crippen LogP contribution in [0.3, 0.4) is 0 Å². The summed E-state index contributed by atoms with van der Waals surface area (Å²) in [4.78, 5) is 17.4. The number of benzene rings is 1. The topological polar surface area (TPSA) is 40.4 Å². The zero-order valence-electron chi connectivity index (χ0n) is 18.9. The van der Waals surface area contributed by atoms with E-state index in [4.69, 9.17) is 9.97 Å². The number of pyridine rings is 1. The molecule has 4 heterocycles. The molecule has 0 spiro atoms. The highest BCUT2D eigenvalue weighted by atomic mass is 15.3. The van der Waals surface area contributed by atoms with Gasteiger partial charge in [0.05, 0.1) is 0 Å². The fraction of sp³-hybridized carbons (Fsp3) is 0.520. The number of likely N-dealkylation sites (N-methyl/N-ethyl adjacent to an activating group) is 1. The molecule has 0 bridgehead atoms. The fourth-order valence-corrected chi connectivity index (χ4v) is 4.83. The average Bonchev–Trinajstić information content (AvgIpc) is 3.18. The van der Waals surface area contributed by atoms with E-state index in [0.29, 0.717) is 0 Å². The number of rotatable bonds is 5. The molecule has 2 aliphatic rings. The molecule has 0 unspecified atom stereocenters. The fourth-order valence-electron chi connectivity index (χ4n) is 4.83. The quantitative estimate of drug-likeness (QED) is 0.619. The summed E-state index contributed by atoms with van der Waals surface area (Å²) in [5.41, 5.74) is 4.50. The maximum absolute atomic E-state index is 5.08. The zero-order valence-corrected chi connectivity index (χ0v) is 18.9. The molecule has 31 heavy (non-hydrogen) atoms. The second-order valence-electron chi connectivity index (χ2n) is 8.98. The van der Waals surface area contributed by atoms with Crippen molar-refractivity contribution in [2.24, 2.45) is 0 Å². The van der Waals surface area contributed by atoms with Gasteiger partial charge in [-0.15, -0.1) is 0 Å². The van der Waals surface area contributed by atoms with E-state index in [0.717, 1.165) is 62.0 Å². The molecular formula is C25H34N6. The lowest BCUT2D eigenvalue weighted by Gasteiger charge is -2.33. The van der Waals surface area contributed by atoms with Crippen LogP contribution >= 0.6 is 0 Å². The number of aryl methyl sites for hydroxylation is 1. The van der Waals surface area contributed by atoms with Crippen molar-refractivity contribution in [2.45, 2.75) is 39.2 Å². The lowest BCUT2D eigenvalue weighted by Crippen LogP contribution is -2.44. The van der Waals surface area contributed by atoms with Crippen LogP contribution in [0.5, 0.6) is 0 Å². The Balaban J connectivity index is 1.47. The number of aromatic nitrogens is 3. The van der Waals surface area contributed by atoms with Crippen LogP contribution < -0.4 is 9.80 Å². The van der Waals surface area contributed by atoms with Crippen molar-refractivity contribution in [2.75, 3.05) is 56.1 Å². The Labute approximate surface area is 185 Å². The molecular weight excluding hydrogens is 384 g/mol. The van der Waals surface area contributed by atoms with Crippen molar-refractivity contribution in [3.8, 4) is 11.4 Å². The van der Waals surface area contributed by atoms with Gasteiger partial charge in [0.2, 0.25) is 0 Å². The largest absolute Gasteiger partial charge is 0.372 e. The summed E-state index contributed by atoms with van der Waals surface area (Å²) < 4.78 is 2.31. The molecule has 6 nitrogen and oxygen atoms in total. The first-order chi connectivity index (χ1) is 15.2. The van der Waals surface area contributed by atoms with Crippen LogP contribution in [0.25, 0.3) is 22.6 Å². The van der Waals surface area contributed by atoms with Crippen LogP contribution in [0.2, 0.25) is 0 Å². The van der Waals surface area contributed by atoms with E-state index < -0.39 is 0 Å². The highest BCUT2D eigenvalue weighted by molar-refractivity contribution is 5.79. The molecule has 3 aromatic rings. The summed E-state index contributed by atoms with van der Waals surface area (Å²) >= 11 is 0. The Hall–Kier alpha value is -2.60. The lowest BCUT2D eigenvalue weighted by atomic mass is 10.1. The molecule has 2 aliphatic heterocycles. The molecule has 164 valence electrons. The van der Waals surface area contributed by atoms with Crippen molar-refractivity contribution in [3.05, 3.63) is 36.4 Å². The van der Waals surface area contributed by atoms with Gasteiger partial charge in [0.25, 0.3) is 0 Å². The summed E-state index contributed by atoms with van der Waals surface area (Å²) in [6, 6.07) is 13.3. The number of piperidine rings is 1. The SMILES string of the molecule is CCCn1c(-c2ccc(N3CCCCC3)cc2)nc2ccc(N3CCN(C)CC3)nc21. The van der Waals surface area contributed by atoms with E-state index >= 15 is 0 Å². The van der Waals surface area contributed by atoms with Crippen LogP contribution in [0.15, 0.2) is 36.4 Å². The van der Waals surface area contributed by atoms with Crippen molar-refractivity contribution in [1.29, 1.82) is 0 Å². The predicted octanol–water partition coefficient (Wildman–Crippen LogP) is 4.25. The van der Waals surface area contributed by atoms with Crippen LogP contribution in [-0.2, 0) is 6.54 Å². The van der Waals surface area contributed by atoms with Gasteiger partial charge in [-0.05, 0) is 69.1 Å². The molecule has 0 atom stereocenters. The van der Waals surface area contributed by atoms with E-state index in [1.807, 2.05) is 0 Å². The normalized spacial score (nSPS) is 18.1. The predicted molar refractivity (Wildman–Crippen MR) is 129 cm³/mol. The van der Waals surface area contributed by atoms with E-state index in [1.165, 1.54) is 43.6 Å². The Morgan fingerprint density at radius 2 is 1.52 bits per heavy atom. The Morgan fingerprint density at radius 3 is 2.23 bits per heavy atom. The highest BCUT2D eigenvalue weighted by Gasteiger charge is 2.19. The second-order valence-corrected chi connectivity index (χ2v) is 8.98. The standard InChI is InChI=1S/C25H34N6/c1-3-13-31-24(20-7-9-21(10-8-20)29-14-5-4-6-15-29)26-22-11-12-23(27-25(22)31)30-18-16-28(2)17-19-30/h7-12H,3-6,13-19H2,1-2H3. The number of hydrogen-bond donors (Lipinski definition) is 0. The van der Waals surface area contributed by atoms with Crippen molar-refractivity contribution < 1.29 is 0 Å². The van der Waals surface area contributed by atoms with E-state index in [-0.39, 0.29) is 0 Å². The summed E-state index contributed by atoms with van der Waals surface area (Å²) in [5.74, 6) is 2.11. The molecule has 2 aromatic heterocycles. The third kappa shape index (κ3) is 4.13. The van der Waals surface area contributed by atoms with Gasteiger partial charge in [0, 0.05) is 57.1 Å². The Bertz CT molecular complexity index is 1010. The van der Waals surface area contributed by atoms with Gasteiger partial charge in [-0.25, -0.2) is 9.97 Å². The molecule has 0 saturated carbocycles. The van der Waals surface area contributed by atoms with Crippen molar-refractivity contribution >= 4 is 22.7 Å². The molecule has 2 saturated heterocycles. The van der Waals surface area contributed by atoms with Gasteiger partial charge in [-0.1, -0.05) is 6.92 Å². The van der Waals surface area contributed by atoms with Crippen LogP contribution in [0.1, 0.15) is 32.6 Å². The Kier molecular flexibility index (Phi) is 5.81. The van der Waals surface area contributed by atoms with Gasteiger partial charge < -0.3 is 19.3 Å². The molecule has 2 fully saturated rings. The first-order valence-corrected chi connectivity index (χ1v) is 11.9. The minimum absolute atomic E-state index is 0.929. The summed E-state index contributed by atoms with van der Waals surface area (Å²) in [6.07, 6.45) is 5.02. The molecule has 0 amide bonds. The van der Waals surface area contributed by atoms with Gasteiger partial charge in [0.1, 0.15) is 17.2 Å². The molecule has 0 N–H and O–H groups in total. The zero-order chi connectivity index (χ0) is 21.2. The third-order valence-electron chi connectivity index (χ3n) is 6.70. The number of nitrogens with zero attached hydrogens (tertiary/aromatic N) is 6. The van der Waals surface area contributed by atoms with Crippen LogP contribution in [0, 0.1) is 0 Å². The summed E-state index contributed by atoms with van der Waals surface area (Å²) in [7, 11) is 2.19. The molecule has 6 heteroatoms. The molecule has 1 aromatic carbocycles. The van der Waals surface area contributed by atoms with Gasteiger partial charge >= 0.3 is 0 Å². The van der Waals surface area contributed by atoms with Crippen molar-refractivity contribution in [1.82, 2.24) is 19.4 Å². The first kappa shape index (κ1) is 20.3. The maximum Gasteiger partial charge on any atom is 0.162 e. The summed E-state index contributed by atoms with van der Waals surface area (Å²) in [6.45, 7) is 9.73. The molecule has 0 aliphatic carbocycles. The molecule has 5 rings (SSSR count). The molecule has 0 radical (unpaired) electrons. The van der Waals surface area contributed by atoms with Crippen LogP contribution in [-0.4, -0.2) is 65.8 Å². The van der Waals surface area contributed by atoms with E-state index in [2.05, 4.69) is 69.6 Å². The number of piperazine rings is 1. The highest BCUT2D eigenvalue weighted by Crippen LogP contribution is 2.29. The maximum atomic E-state index is 5.08. The van der Waals surface area contributed by atoms with E-state index in [9.17, 15) is 0 Å². The monoisotopic (exact) mass is 418 g/mol. The number of anilines is 2. The number of hydrogen-bond acceptors (Lipinski definition) is 5.